The number of hydrogen-bond donors (Lipinski definition) is 2. The zero-order valence-corrected chi connectivity index (χ0v) is 11.5. The molecule has 2 heterocycles. The molecule has 18 heavy (non-hydrogen) atoms. The first-order valence-electron chi connectivity index (χ1n) is 6.25. The van der Waals surface area contributed by atoms with Crippen molar-refractivity contribution in [1.82, 2.24) is 10.6 Å². The summed E-state index contributed by atoms with van der Waals surface area (Å²) in [6.07, 6.45) is 1.64. The molecule has 0 aromatic carbocycles. The third kappa shape index (κ3) is 2.90. The van der Waals surface area contributed by atoms with Gasteiger partial charge in [-0.15, -0.1) is 11.3 Å². The Morgan fingerprint density at radius 3 is 2.94 bits per heavy atom. The number of nitrogens with one attached hydrogen (secondary N) is 2. The van der Waals surface area contributed by atoms with E-state index in [0.717, 1.165) is 12.8 Å². The van der Waals surface area contributed by atoms with Crippen molar-refractivity contribution in [1.29, 1.82) is 0 Å². The molecular weight excluding hydrogens is 248 g/mol. The fourth-order valence-corrected chi connectivity index (χ4v) is 2.83. The van der Waals surface area contributed by atoms with E-state index in [2.05, 4.69) is 24.5 Å². The van der Waals surface area contributed by atoms with E-state index in [1.807, 2.05) is 11.4 Å². The van der Waals surface area contributed by atoms with Gasteiger partial charge in [-0.3, -0.25) is 9.59 Å². The van der Waals surface area contributed by atoms with E-state index in [9.17, 15) is 9.59 Å². The van der Waals surface area contributed by atoms with E-state index in [1.54, 1.807) is 11.3 Å². The molecule has 1 saturated heterocycles. The topological polar surface area (TPSA) is 58.2 Å². The highest BCUT2D eigenvalue weighted by molar-refractivity contribution is 7.10. The number of thiophene rings is 1. The zero-order chi connectivity index (χ0) is 13.1. The van der Waals surface area contributed by atoms with Crippen molar-refractivity contribution in [2.24, 2.45) is 0 Å². The molecule has 98 valence electrons. The summed E-state index contributed by atoms with van der Waals surface area (Å²) in [6, 6.07) is 1.53. The average Bonchev–Trinajstić information content (AvgIpc) is 2.81. The van der Waals surface area contributed by atoms with Crippen LogP contribution in [0.15, 0.2) is 11.4 Å². The summed E-state index contributed by atoms with van der Waals surface area (Å²) >= 11 is 1.59. The van der Waals surface area contributed by atoms with Crippen LogP contribution in [0.3, 0.4) is 0 Å². The van der Waals surface area contributed by atoms with Crippen LogP contribution in [-0.2, 0) is 4.79 Å². The molecule has 2 amide bonds. The summed E-state index contributed by atoms with van der Waals surface area (Å²) in [5, 5.41) is 7.41. The molecule has 1 aliphatic rings. The molecule has 0 unspecified atom stereocenters. The molecule has 0 aliphatic carbocycles. The van der Waals surface area contributed by atoms with Crippen molar-refractivity contribution in [3.05, 3.63) is 21.9 Å². The first kappa shape index (κ1) is 13.1. The van der Waals surface area contributed by atoms with Gasteiger partial charge in [-0.1, -0.05) is 13.8 Å². The molecule has 4 nitrogen and oxygen atoms in total. The largest absolute Gasteiger partial charge is 0.354 e. The highest BCUT2D eigenvalue weighted by Gasteiger charge is 2.24. The predicted octanol–water partition coefficient (Wildman–Crippen LogP) is 1.88. The van der Waals surface area contributed by atoms with E-state index in [4.69, 9.17) is 0 Å². The number of hydrogen-bond acceptors (Lipinski definition) is 3. The van der Waals surface area contributed by atoms with Crippen LogP contribution in [0.5, 0.6) is 0 Å². The highest BCUT2D eigenvalue weighted by atomic mass is 32.1. The lowest BCUT2D eigenvalue weighted by Gasteiger charge is -2.22. The molecule has 1 atom stereocenters. The fraction of sp³-hybridized carbons (Fsp3) is 0.538. The van der Waals surface area contributed by atoms with Gasteiger partial charge in [-0.05, 0) is 24.8 Å². The van der Waals surface area contributed by atoms with Crippen molar-refractivity contribution in [2.75, 3.05) is 6.54 Å². The SMILES string of the molecule is CC(C)c1cc(C(=O)N[C@@H]2CCCNC2=O)cs1. The number of carbonyl (C=O) groups is 2. The van der Waals surface area contributed by atoms with Gasteiger partial charge >= 0.3 is 0 Å². The molecule has 1 aromatic rings. The van der Waals surface area contributed by atoms with E-state index in [1.165, 1.54) is 4.88 Å². The van der Waals surface area contributed by atoms with E-state index >= 15 is 0 Å². The zero-order valence-electron chi connectivity index (χ0n) is 10.7. The number of carbonyl (C=O) groups excluding carboxylic acids is 2. The summed E-state index contributed by atoms with van der Waals surface area (Å²) in [5.41, 5.74) is 0.655. The van der Waals surface area contributed by atoms with Crippen LogP contribution in [-0.4, -0.2) is 24.4 Å². The van der Waals surface area contributed by atoms with Crippen molar-refractivity contribution in [3.63, 3.8) is 0 Å². The smallest absolute Gasteiger partial charge is 0.252 e. The minimum atomic E-state index is -0.381. The van der Waals surface area contributed by atoms with Gasteiger partial charge in [0.05, 0.1) is 5.56 Å². The Bertz CT molecular complexity index is 454. The van der Waals surface area contributed by atoms with Crippen LogP contribution < -0.4 is 10.6 Å². The second-order valence-corrected chi connectivity index (χ2v) is 5.79. The third-order valence-electron chi connectivity index (χ3n) is 3.04. The molecule has 1 aliphatic heterocycles. The van der Waals surface area contributed by atoms with Gasteiger partial charge < -0.3 is 10.6 Å². The monoisotopic (exact) mass is 266 g/mol. The van der Waals surface area contributed by atoms with E-state index in [0.29, 0.717) is 18.0 Å². The van der Waals surface area contributed by atoms with E-state index in [-0.39, 0.29) is 17.9 Å². The second kappa shape index (κ2) is 5.52. The van der Waals surface area contributed by atoms with Gasteiger partial charge in [0, 0.05) is 16.8 Å². The Morgan fingerprint density at radius 1 is 1.56 bits per heavy atom. The first-order chi connectivity index (χ1) is 8.58. The van der Waals surface area contributed by atoms with Crippen LogP contribution in [0.4, 0.5) is 0 Å². The lowest BCUT2D eigenvalue weighted by molar-refractivity contribution is -0.124. The maximum atomic E-state index is 12.0. The minimum absolute atomic E-state index is 0.0751. The van der Waals surface area contributed by atoms with Gasteiger partial charge in [-0.2, -0.15) is 0 Å². The van der Waals surface area contributed by atoms with Crippen LogP contribution in [0.25, 0.3) is 0 Å². The Kier molecular flexibility index (Phi) is 4.01. The molecule has 0 bridgehead atoms. The van der Waals surface area contributed by atoms with E-state index < -0.39 is 0 Å². The van der Waals surface area contributed by atoms with Gasteiger partial charge in [-0.25, -0.2) is 0 Å². The van der Waals surface area contributed by atoms with Gasteiger partial charge in [0.15, 0.2) is 0 Å². The second-order valence-electron chi connectivity index (χ2n) is 4.85. The van der Waals surface area contributed by atoms with Crippen molar-refractivity contribution in [3.8, 4) is 0 Å². The molecule has 1 aromatic heterocycles. The van der Waals surface area contributed by atoms with Gasteiger partial charge in [0.2, 0.25) is 5.91 Å². The summed E-state index contributed by atoms with van der Waals surface area (Å²) < 4.78 is 0. The highest BCUT2D eigenvalue weighted by Crippen LogP contribution is 2.23. The Hall–Kier alpha value is -1.36. The molecule has 2 N–H and O–H groups in total. The summed E-state index contributed by atoms with van der Waals surface area (Å²) in [6.45, 7) is 4.91. The fourth-order valence-electron chi connectivity index (χ4n) is 1.93. The molecule has 0 saturated carbocycles. The molecule has 5 heteroatoms. The maximum Gasteiger partial charge on any atom is 0.252 e. The van der Waals surface area contributed by atoms with Crippen molar-refractivity contribution < 1.29 is 9.59 Å². The summed E-state index contributed by atoms with van der Waals surface area (Å²) in [7, 11) is 0. The maximum absolute atomic E-state index is 12.0. The Morgan fingerprint density at radius 2 is 2.33 bits per heavy atom. The standard InChI is InChI=1S/C13H18N2O2S/c1-8(2)11-6-9(7-18-11)12(16)15-10-4-3-5-14-13(10)17/h6-8,10H,3-5H2,1-2H3,(H,14,17)(H,15,16)/t10-/m1/s1. The number of rotatable bonds is 3. The van der Waals surface area contributed by atoms with Crippen LogP contribution in [0.2, 0.25) is 0 Å². The molecule has 2 rings (SSSR count). The lowest BCUT2D eigenvalue weighted by Crippen LogP contribution is -2.50. The van der Waals surface area contributed by atoms with Crippen molar-refractivity contribution in [2.45, 2.75) is 38.6 Å². The first-order valence-corrected chi connectivity index (χ1v) is 7.13. The Balaban J connectivity index is 2.00. The van der Waals surface area contributed by atoms with Crippen LogP contribution in [0, 0.1) is 0 Å². The number of amides is 2. The molecule has 1 fully saturated rings. The minimum Gasteiger partial charge on any atom is -0.354 e. The Labute approximate surface area is 111 Å². The third-order valence-corrected chi connectivity index (χ3v) is 4.27. The van der Waals surface area contributed by atoms with Gasteiger partial charge in [0.1, 0.15) is 6.04 Å². The van der Waals surface area contributed by atoms with Crippen LogP contribution >= 0.6 is 11.3 Å². The molecule has 0 radical (unpaired) electrons. The van der Waals surface area contributed by atoms with Crippen LogP contribution in [0.1, 0.15) is 47.8 Å². The average molecular weight is 266 g/mol. The van der Waals surface area contributed by atoms with Crippen molar-refractivity contribution >= 4 is 23.2 Å². The number of piperidine rings is 1. The quantitative estimate of drug-likeness (QED) is 0.877. The summed E-state index contributed by atoms with van der Waals surface area (Å²) in [4.78, 5) is 24.7. The lowest BCUT2D eigenvalue weighted by atomic mass is 10.1. The van der Waals surface area contributed by atoms with Gasteiger partial charge in [0.25, 0.3) is 5.91 Å². The predicted molar refractivity (Wildman–Crippen MR) is 71.9 cm³/mol. The normalized spacial score (nSPS) is 19.7. The summed E-state index contributed by atoms with van der Waals surface area (Å²) in [5.74, 6) is 0.198. The molecular formula is C13H18N2O2S. The molecule has 0 spiro atoms.